The monoisotopic (exact) mass is 568 g/mol. The number of carbonyl (C=O) groups is 1. The van der Waals surface area contributed by atoms with E-state index in [4.69, 9.17) is 15.9 Å². The number of nitrogens with two attached hydrogens (primary N) is 1. The Kier molecular flexibility index (Phi) is 10.1. The maximum atomic E-state index is 12.7. The van der Waals surface area contributed by atoms with Crippen molar-refractivity contribution < 1.29 is 9.53 Å². The van der Waals surface area contributed by atoms with Crippen LogP contribution < -0.4 is 16.4 Å². The van der Waals surface area contributed by atoms with Crippen molar-refractivity contribution in [2.24, 2.45) is 5.73 Å². The zero-order valence-corrected chi connectivity index (χ0v) is 24.0. The van der Waals surface area contributed by atoms with E-state index in [1.54, 1.807) is 12.4 Å². The van der Waals surface area contributed by atoms with Gasteiger partial charge >= 0.3 is 0 Å². The molecule has 0 aliphatic carbocycles. The van der Waals surface area contributed by atoms with Crippen LogP contribution in [0, 0.1) is 5.41 Å². The van der Waals surface area contributed by atoms with E-state index in [-0.39, 0.29) is 11.7 Å². The van der Waals surface area contributed by atoms with Gasteiger partial charge in [-0.15, -0.1) is 0 Å². The standard InChI is InChI=1S/C32H40N8O2/c33-30(34)27-22-38-29-10-5-23(21-26(27)29)11-14-35-31(41)25-8-6-24(7-9-25)28-12-15-37-32(39-28)36-13-3-1-2-4-16-40-17-19-42-20-18-40/h5-10,12,15,21-22,38H,1-4,11,13-14,16-20H2,(H3,33,34)(H,35,41)(H,36,37,39). The number of hydrogen-bond acceptors (Lipinski definition) is 7. The van der Waals surface area contributed by atoms with Crippen LogP contribution in [-0.2, 0) is 11.2 Å². The molecule has 0 unspecified atom stereocenters. The second-order valence-corrected chi connectivity index (χ2v) is 10.6. The van der Waals surface area contributed by atoms with Crippen LogP contribution in [0.15, 0.2) is 60.9 Å². The Morgan fingerprint density at radius 2 is 1.83 bits per heavy atom. The maximum absolute atomic E-state index is 12.7. The van der Waals surface area contributed by atoms with Crippen molar-refractivity contribution in [2.75, 3.05) is 51.3 Å². The van der Waals surface area contributed by atoms with Crippen LogP contribution in [0.25, 0.3) is 22.2 Å². The summed E-state index contributed by atoms with van der Waals surface area (Å²) in [5.41, 5.74) is 10.7. The molecule has 4 aromatic rings. The number of aromatic amines is 1. The predicted molar refractivity (Wildman–Crippen MR) is 167 cm³/mol. The maximum Gasteiger partial charge on any atom is 0.251 e. The summed E-state index contributed by atoms with van der Waals surface area (Å²) in [5.74, 6) is 0.533. The van der Waals surface area contributed by atoms with Gasteiger partial charge in [-0.1, -0.05) is 31.0 Å². The molecule has 42 heavy (non-hydrogen) atoms. The number of nitrogens with zero attached hydrogens (tertiary/aromatic N) is 3. The average molecular weight is 569 g/mol. The zero-order valence-electron chi connectivity index (χ0n) is 24.0. The highest BCUT2D eigenvalue weighted by atomic mass is 16.5. The van der Waals surface area contributed by atoms with Gasteiger partial charge in [0.1, 0.15) is 5.84 Å². The molecule has 220 valence electrons. The lowest BCUT2D eigenvalue weighted by atomic mass is 10.1. The van der Waals surface area contributed by atoms with Gasteiger partial charge in [-0.05, 0) is 61.7 Å². The third kappa shape index (κ3) is 7.92. The van der Waals surface area contributed by atoms with Gasteiger partial charge in [0.15, 0.2) is 0 Å². The summed E-state index contributed by atoms with van der Waals surface area (Å²) in [6.45, 7) is 6.35. The Labute approximate surface area is 246 Å². The fourth-order valence-corrected chi connectivity index (χ4v) is 5.20. The van der Waals surface area contributed by atoms with Crippen LogP contribution in [-0.4, -0.2) is 77.5 Å². The van der Waals surface area contributed by atoms with Gasteiger partial charge in [0.2, 0.25) is 5.95 Å². The molecule has 6 N–H and O–H groups in total. The Morgan fingerprint density at radius 3 is 2.64 bits per heavy atom. The van der Waals surface area contributed by atoms with E-state index in [1.807, 2.05) is 48.5 Å². The van der Waals surface area contributed by atoms with Gasteiger partial charge in [0, 0.05) is 66.2 Å². The SMILES string of the molecule is N=C(N)c1c[nH]c2ccc(CCNC(=O)c3ccc(-c4ccnc(NCCCCCCN5CCOCC5)n4)cc3)cc12. The first-order chi connectivity index (χ1) is 20.6. The quantitative estimate of drug-likeness (QED) is 0.0871. The molecule has 3 heterocycles. The molecular formula is C32H40N8O2. The van der Waals surface area contributed by atoms with Crippen molar-refractivity contribution in [2.45, 2.75) is 32.1 Å². The number of fused-ring (bicyclic) bond motifs is 1. The third-order valence-electron chi connectivity index (χ3n) is 7.62. The van der Waals surface area contributed by atoms with Crippen molar-refractivity contribution >= 4 is 28.6 Å². The lowest BCUT2D eigenvalue weighted by molar-refractivity contribution is 0.0371. The number of morpholine rings is 1. The Morgan fingerprint density at radius 1 is 1.02 bits per heavy atom. The van der Waals surface area contributed by atoms with Gasteiger partial charge in [-0.2, -0.15) is 0 Å². The van der Waals surface area contributed by atoms with E-state index in [1.165, 1.54) is 19.3 Å². The number of nitrogens with one attached hydrogen (secondary N) is 4. The number of rotatable bonds is 14. The molecule has 1 saturated heterocycles. The number of ether oxygens (including phenoxy) is 1. The van der Waals surface area contributed by atoms with Gasteiger partial charge < -0.3 is 26.1 Å². The molecule has 2 aromatic carbocycles. The molecule has 5 rings (SSSR count). The number of hydrogen-bond donors (Lipinski definition) is 5. The number of amidine groups is 1. The molecule has 10 heteroatoms. The summed E-state index contributed by atoms with van der Waals surface area (Å²) in [6, 6.07) is 15.4. The van der Waals surface area contributed by atoms with Crippen molar-refractivity contribution in [3.8, 4) is 11.3 Å². The minimum absolute atomic E-state index is 0.0331. The van der Waals surface area contributed by atoms with Crippen LogP contribution in [0.4, 0.5) is 5.95 Å². The van der Waals surface area contributed by atoms with Gasteiger partial charge in [-0.3, -0.25) is 15.1 Å². The summed E-state index contributed by atoms with van der Waals surface area (Å²) < 4.78 is 5.41. The molecule has 0 saturated carbocycles. The minimum atomic E-state index is -0.122. The summed E-state index contributed by atoms with van der Waals surface area (Å²) in [7, 11) is 0. The van der Waals surface area contributed by atoms with Crippen LogP contribution in [0.5, 0.6) is 0 Å². The largest absolute Gasteiger partial charge is 0.384 e. The Balaban J connectivity index is 1.04. The second kappa shape index (κ2) is 14.6. The number of carbonyl (C=O) groups excluding carboxylic acids is 1. The number of benzene rings is 2. The summed E-state index contributed by atoms with van der Waals surface area (Å²) in [4.78, 5) is 27.4. The highest BCUT2D eigenvalue weighted by Gasteiger charge is 2.11. The van der Waals surface area contributed by atoms with E-state index in [0.717, 1.165) is 73.5 Å². The van der Waals surface area contributed by atoms with E-state index < -0.39 is 0 Å². The molecule has 1 amide bonds. The Hall–Kier alpha value is -4.28. The van der Waals surface area contributed by atoms with Gasteiger partial charge in [0.25, 0.3) is 5.91 Å². The molecule has 1 aliphatic rings. The topological polar surface area (TPSA) is 145 Å². The number of anilines is 1. The molecule has 0 spiro atoms. The van der Waals surface area contributed by atoms with Crippen molar-refractivity contribution in [3.05, 3.63) is 77.6 Å². The lowest BCUT2D eigenvalue weighted by Gasteiger charge is -2.26. The second-order valence-electron chi connectivity index (χ2n) is 10.6. The number of unbranched alkanes of at least 4 members (excludes halogenated alkanes) is 3. The van der Waals surface area contributed by atoms with Crippen LogP contribution in [0.2, 0.25) is 0 Å². The predicted octanol–water partition coefficient (Wildman–Crippen LogP) is 4.19. The zero-order chi connectivity index (χ0) is 29.1. The van der Waals surface area contributed by atoms with E-state index in [9.17, 15) is 4.79 Å². The number of amides is 1. The van der Waals surface area contributed by atoms with Crippen LogP contribution in [0.3, 0.4) is 0 Å². The number of aromatic nitrogens is 3. The first-order valence-electron chi connectivity index (χ1n) is 14.8. The minimum Gasteiger partial charge on any atom is -0.384 e. The van der Waals surface area contributed by atoms with Gasteiger partial charge in [-0.25, -0.2) is 9.97 Å². The Bertz CT molecular complexity index is 1480. The first-order valence-corrected chi connectivity index (χ1v) is 14.8. The number of H-pyrrole nitrogens is 1. The molecule has 1 aliphatic heterocycles. The van der Waals surface area contributed by atoms with Crippen molar-refractivity contribution in [1.82, 2.24) is 25.2 Å². The molecule has 0 bridgehead atoms. The van der Waals surface area contributed by atoms with Crippen LogP contribution in [0.1, 0.15) is 47.2 Å². The van der Waals surface area contributed by atoms with E-state index >= 15 is 0 Å². The molecule has 1 fully saturated rings. The molecular weight excluding hydrogens is 528 g/mol. The normalized spacial score (nSPS) is 13.7. The summed E-state index contributed by atoms with van der Waals surface area (Å²) in [5, 5.41) is 15.0. The highest BCUT2D eigenvalue weighted by Crippen LogP contribution is 2.21. The molecule has 2 aromatic heterocycles. The third-order valence-corrected chi connectivity index (χ3v) is 7.62. The first kappa shape index (κ1) is 29.2. The van der Waals surface area contributed by atoms with E-state index in [0.29, 0.717) is 30.0 Å². The number of nitrogen functional groups attached to an aromatic ring is 1. The van der Waals surface area contributed by atoms with Crippen LogP contribution >= 0.6 is 0 Å². The molecule has 10 nitrogen and oxygen atoms in total. The molecule has 0 radical (unpaired) electrons. The fraction of sp³-hybridized carbons (Fsp3) is 0.375. The smallest absolute Gasteiger partial charge is 0.251 e. The van der Waals surface area contributed by atoms with E-state index in [2.05, 4.69) is 30.5 Å². The van der Waals surface area contributed by atoms with Gasteiger partial charge in [0.05, 0.1) is 18.9 Å². The van der Waals surface area contributed by atoms with Crippen molar-refractivity contribution in [1.29, 1.82) is 5.41 Å². The summed E-state index contributed by atoms with van der Waals surface area (Å²) in [6.07, 6.45) is 8.91. The van der Waals surface area contributed by atoms with Crippen molar-refractivity contribution in [3.63, 3.8) is 0 Å². The molecule has 0 atom stereocenters. The summed E-state index contributed by atoms with van der Waals surface area (Å²) >= 11 is 0. The average Bonchev–Trinajstić information content (AvgIpc) is 3.45. The lowest BCUT2D eigenvalue weighted by Crippen LogP contribution is -2.36. The fourth-order valence-electron chi connectivity index (χ4n) is 5.20. The highest BCUT2D eigenvalue weighted by molar-refractivity contribution is 6.07.